The van der Waals surface area contributed by atoms with Crippen LogP contribution in [0.25, 0.3) is 10.8 Å². The Labute approximate surface area is 140 Å². The van der Waals surface area contributed by atoms with Crippen LogP contribution in [0.4, 0.5) is 0 Å². The lowest BCUT2D eigenvalue weighted by Crippen LogP contribution is -2.24. The van der Waals surface area contributed by atoms with Crippen LogP contribution in [0.1, 0.15) is 23.7 Å². The lowest BCUT2D eigenvalue weighted by molar-refractivity contribution is 0.0527. The summed E-state index contributed by atoms with van der Waals surface area (Å²) in [5.74, 6) is -0.429. The van der Waals surface area contributed by atoms with E-state index in [1.807, 2.05) is 14.1 Å². The molecule has 0 aliphatic carbocycles. The van der Waals surface area contributed by atoms with Crippen LogP contribution < -0.4 is 5.56 Å². The van der Waals surface area contributed by atoms with E-state index < -0.39 is 5.97 Å². The first-order valence-electron chi connectivity index (χ1n) is 7.58. The molecular weight excluding hydrogens is 316 g/mol. The van der Waals surface area contributed by atoms with Gasteiger partial charge in [-0.15, -0.1) is 0 Å². The zero-order chi connectivity index (χ0) is 17.0. The van der Waals surface area contributed by atoms with Crippen LogP contribution in [0.15, 0.2) is 29.2 Å². The average Bonchev–Trinajstić information content (AvgIpc) is 2.49. The summed E-state index contributed by atoms with van der Waals surface area (Å²) in [4.78, 5) is 26.9. The molecule has 2 aromatic rings. The van der Waals surface area contributed by atoms with Crippen molar-refractivity contribution >= 4 is 28.3 Å². The molecular formula is C17H21ClN2O3. The van der Waals surface area contributed by atoms with Gasteiger partial charge in [0.2, 0.25) is 0 Å². The summed E-state index contributed by atoms with van der Waals surface area (Å²) in [5, 5.41) is 1.48. The number of ether oxygens (including phenoxy) is 1. The van der Waals surface area contributed by atoms with Gasteiger partial charge in [-0.2, -0.15) is 0 Å². The van der Waals surface area contributed by atoms with E-state index >= 15 is 0 Å². The Morgan fingerprint density at radius 2 is 2.04 bits per heavy atom. The second-order valence-electron chi connectivity index (χ2n) is 5.61. The molecule has 1 aromatic heterocycles. The lowest BCUT2D eigenvalue weighted by atomic mass is 10.1. The number of rotatable bonds is 6. The third-order valence-corrected chi connectivity index (χ3v) is 3.78. The molecule has 0 fully saturated rings. The van der Waals surface area contributed by atoms with E-state index in [1.54, 1.807) is 35.9 Å². The third kappa shape index (κ3) is 4.12. The minimum atomic E-state index is -0.429. The molecule has 23 heavy (non-hydrogen) atoms. The van der Waals surface area contributed by atoms with E-state index in [0.29, 0.717) is 27.9 Å². The quantitative estimate of drug-likeness (QED) is 0.761. The first kappa shape index (κ1) is 17.5. The van der Waals surface area contributed by atoms with Gasteiger partial charge in [0, 0.05) is 28.5 Å². The number of halogens is 1. The predicted molar refractivity (Wildman–Crippen MR) is 92.3 cm³/mol. The summed E-state index contributed by atoms with van der Waals surface area (Å²) >= 11 is 6.01. The number of aryl methyl sites for hydroxylation is 1. The van der Waals surface area contributed by atoms with Crippen molar-refractivity contribution in [1.29, 1.82) is 0 Å². The molecule has 5 nitrogen and oxygen atoms in total. The number of pyridine rings is 1. The zero-order valence-electron chi connectivity index (χ0n) is 13.6. The number of benzene rings is 1. The van der Waals surface area contributed by atoms with Crippen LogP contribution in [0.2, 0.25) is 5.02 Å². The van der Waals surface area contributed by atoms with Crippen LogP contribution in [0, 0.1) is 0 Å². The number of nitrogens with zero attached hydrogens (tertiary/aromatic N) is 2. The fourth-order valence-corrected chi connectivity index (χ4v) is 2.63. The molecule has 124 valence electrons. The number of hydrogen-bond donors (Lipinski definition) is 0. The smallest absolute Gasteiger partial charge is 0.340 e. The molecule has 0 atom stereocenters. The Hall–Kier alpha value is -1.85. The highest BCUT2D eigenvalue weighted by Crippen LogP contribution is 2.21. The number of esters is 1. The number of hydrogen-bond acceptors (Lipinski definition) is 4. The predicted octanol–water partition coefficient (Wildman–Crippen LogP) is 2.78. The summed E-state index contributed by atoms with van der Waals surface area (Å²) in [7, 11) is 3.96. The second kappa shape index (κ2) is 7.62. The molecule has 1 aromatic carbocycles. The summed E-state index contributed by atoms with van der Waals surface area (Å²) in [6.45, 7) is 3.43. The van der Waals surface area contributed by atoms with E-state index in [0.717, 1.165) is 13.0 Å². The largest absolute Gasteiger partial charge is 0.462 e. The van der Waals surface area contributed by atoms with Crippen LogP contribution in [-0.4, -0.2) is 42.7 Å². The Kier molecular flexibility index (Phi) is 5.80. The zero-order valence-corrected chi connectivity index (χ0v) is 14.4. The van der Waals surface area contributed by atoms with Gasteiger partial charge in [-0.25, -0.2) is 4.79 Å². The van der Waals surface area contributed by atoms with Crippen LogP contribution in [-0.2, 0) is 11.3 Å². The first-order valence-corrected chi connectivity index (χ1v) is 7.96. The molecule has 2 rings (SSSR count). The summed E-state index contributed by atoms with van der Waals surface area (Å²) in [5.41, 5.74) is 0.247. The van der Waals surface area contributed by atoms with E-state index in [-0.39, 0.29) is 12.2 Å². The first-order chi connectivity index (χ1) is 10.9. The minimum Gasteiger partial charge on any atom is -0.462 e. The van der Waals surface area contributed by atoms with Crippen molar-refractivity contribution in [2.45, 2.75) is 19.9 Å². The Morgan fingerprint density at radius 3 is 2.70 bits per heavy atom. The Balaban J connectivity index is 2.52. The summed E-state index contributed by atoms with van der Waals surface area (Å²) in [6, 6.07) is 4.96. The van der Waals surface area contributed by atoms with Crippen LogP contribution >= 0.6 is 11.6 Å². The molecule has 1 heterocycles. The van der Waals surface area contributed by atoms with Crippen molar-refractivity contribution in [3.8, 4) is 0 Å². The van der Waals surface area contributed by atoms with Gasteiger partial charge >= 0.3 is 5.97 Å². The van der Waals surface area contributed by atoms with Gasteiger partial charge in [0.15, 0.2) is 0 Å². The molecule has 0 unspecified atom stereocenters. The van der Waals surface area contributed by atoms with Gasteiger partial charge in [0.25, 0.3) is 5.56 Å². The standard InChI is InChI=1S/C17H21ClN2O3/c1-4-23-17(22)15-11-20(9-5-8-19(2)3)16(21)14-10-12(18)6-7-13(14)15/h6-7,10-11H,4-5,8-9H2,1-3H3. The summed E-state index contributed by atoms with van der Waals surface area (Å²) in [6.07, 6.45) is 2.40. The van der Waals surface area contributed by atoms with Crippen molar-refractivity contribution in [2.75, 3.05) is 27.2 Å². The minimum absolute atomic E-state index is 0.144. The molecule has 6 heteroatoms. The van der Waals surface area contributed by atoms with Gasteiger partial charge in [-0.3, -0.25) is 4.79 Å². The molecule has 0 bridgehead atoms. The van der Waals surface area contributed by atoms with Crippen molar-refractivity contribution < 1.29 is 9.53 Å². The Morgan fingerprint density at radius 1 is 1.30 bits per heavy atom. The van der Waals surface area contributed by atoms with E-state index in [1.165, 1.54) is 0 Å². The van der Waals surface area contributed by atoms with E-state index in [4.69, 9.17) is 16.3 Å². The van der Waals surface area contributed by atoms with Crippen molar-refractivity contribution in [2.24, 2.45) is 0 Å². The molecule has 0 N–H and O–H groups in total. The van der Waals surface area contributed by atoms with E-state index in [9.17, 15) is 9.59 Å². The normalized spacial score (nSPS) is 11.2. The van der Waals surface area contributed by atoms with Gasteiger partial charge in [0.1, 0.15) is 0 Å². The van der Waals surface area contributed by atoms with Gasteiger partial charge in [-0.05, 0) is 46.1 Å². The summed E-state index contributed by atoms with van der Waals surface area (Å²) < 4.78 is 6.67. The fraction of sp³-hybridized carbons (Fsp3) is 0.412. The van der Waals surface area contributed by atoms with Gasteiger partial charge in [0.05, 0.1) is 12.2 Å². The molecule has 0 saturated heterocycles. The maximum Gasteiger partial charge on any atom is 0.340 e. The maximum atomic E-state index is 12.6. The van der Waals surface area contributed by atoms with Crippen molar-refractivity contribution in [3.63, 3.8) is 0 Å². The SMILES string of the molecule is CCOC(=O)c1cn(CCCN(C)C)c(=O)c2cc(Cl)ccc12. The number of fused-ring (bicyclic) bond motifs is 1. The lowest BCUT2D eigenvalue weighted by Gasteiger charge is -2.13. The number of carbonyl (C=O) groups excluding carboxylic acids is 1. The van der Waals surface area contributed by atoms with Crippen LogP contribution in [0.5, 0.6) is 0 Å². The molecule has 0 aliphatic heterocycles. The Bertz CT molecular complexity index is 768. The van der Waals surface area contributed by atoms with Crippen molar-refractivity contribution in [1.82, 2.24) is 9.47 Å². The topological polar surface area (TPSA) is 51.5 Å². The number of aromatic nitrogens is 1. The second-order valence-corrected chi connectivity index (χ2v) is 6.04. The molecule has 0 spiro atoms. The molecule has 0 amide bonds. The highest BCUT2D eigenvalue weighted by molar-refractivity contribution is 6.31. The number of carbonyl (C=O) groups is 1. The highest BCUT2D eigenvalue weighted by atomic mass is 35.5. The third-order valence-electron chi connectivity index (χ3n) is 3.55. The van der Waals surface area contributed by atoms with E-state index in [2.05, 4.69) is 4.90 Å². The average molecular weight is 337 g/mol. The van der Waals surface area contributed by atoms with Crippen molar-refractivity contribution in [3.05, 3.63) is 45.3 Å². The highest BCUT2D eigenvalue weighted by Gasteiger charge is 2.16. The molecule has 0 saturated carbocycles. The van der Waals surface area contributed by atoms with Crippen LogP contribution in [0.3, 0.4) is 0 Å². The molecule has 0 aliphatic rings. The maximum absolute atomic E-state index is 12.6. The van der Waals surface area contributed by atoms with Gasteiger partial charge < -0.3 is 14.2 Å². The molecule has 0 radical (unpaired) electrons. The monoisotopic (exact) mass is 336 g/mol. The van der Waals surface area contributed by atoms with Gasteiger partial charge in [-0.1, -0.05) is 17.7 Å². The fourth-order valence-electron chi connectivity index (χ4n) is 2.46.